The second-order valence-electron chi connectivity index (χ2n) is 5.09. The molecule has 0 fully saturated rings. The van der Waals surface area contributed by atoms with Crippen LogP contribution in [0, 0.1) is 5.92 Å². The Morgan fingerprint density at radius 3 is 1.50 bits per heavy atom. The number of hydrogen-bond acceptors (Lipinski definition) is 1. The van der Waals surface area contributed by atoms with Gasteiger partial charge in [0.2, 0.25) is 0 Å². The van der Waals surface area contributed by atoms with E-state index in [9.17, 15) is 0 Å². The average molecular weight is 252 g/mol. The summed E-state index contributed by atoms with van der Waals surface area (Å²) in [6.45, 7) is 13.3. The highest BCUT2D eigenvalue weighted by molar-refractivity contribution is 5.17. The van der Waals surface area contributed by atoms with E-state index in [1.54, 1.807) is 0 Å². The van der Waals surface area contributed by atoms with Crippen molar-refractivity contribution in [3.63, 3.8) is 0 Å². The molecular formula is C17H32O. The molecule has 0 radical (unpaired) electrons. The van der Waals surface area contributed by atoms with E-state index < -0.39 is 0 Å². The van der Waals surface area contributed by atoms with Crippen LogP contribution in [0.3, 0.4) is 0 Å². The molecular weight excluding hydrogens is 220 g/mol. The molecule has 0 aliphatic carbocycles. The smallest absolute Gasteiger partial charge is 0.0428 e. The molecule has 0 aromatic heterocycles. The van der Waals surface area contributed by atoms with Gasteiger partial charge in [-0.05, 0) is 23.8 Å². The molecule has 1 rings (SSSR count). The Morgan fingerprint density at radius 1 is 0.944 bits per heavy atom. The summed E-state index contributed by atoms with van der Waals surface area (Å²) in [7, 11) is 0. The van der Waals surface area contributed by atoms with Gasteiger partial charge in [0, 0.05) is 6.61 Å². The van der Waals surface area contributed by atoms with Gasteiger partial charge in [-0.15, -0.1) is 0 Å². The number of benzene rings is 1. The van der Waals surface area contributed by atoms with Crippen molar-refractivity contribution >= 4 is 0 Å². The highest BCUT2D eigenvalue weighted by atomic mass is 16.2. The van der Waals surface area contributed by atoms with E-state index in [1.807, 2.05) is 13.0 Å². The van der Waals surface area contributed by atoms with Gasteiger partial charge in [-0.2, -0.15) is 0 Å². The second kappa shape index (κ2) is 14.2. The lowest BCUT2D eigenvalue weighted by atomic mass is 10.0. The number of hydrogen-bond donors (Lipinski definition) is 1. The van der Waals surface area contributed by atoms with Crippen LogP contribution in [0.15, 0.2) is 30.3 Å². The molecule has 0 aliphatic heterocycles. The molecule has 0 atom stereocenters. The monoisotopic (exact) mass is 252 g/mol. The topological polar surface area (TPSA) is 20.2 Å². The summed E-state index contributed by atoms with van der Waals surface area (Å²) < 4.78 is 0. The summed E-state index contributed by atoms with van der Waals surface area (Å²) >= 11 is 0. The third-order valence-electron chi connectivity index (χ3n) is 2.51. The third-order valence-corrected chi connectivity index (χ3v) is 2.51. The molecule has 1 N–H and O–H groups in total. The fraction of sp³-hybridized carbons (Fsp3) is 0.647. The largest absolute Gasteiger partial charge is 0.396 e. The van der Waals surface area contributed by atoms with Gasteiger partial charge in [0.15, 0.2) is 0 Å². The molecule has 1 aromatic carbocycles. The minimum Gasteiger partial charge on any atom is -0.396 e. The van der Waals surface area contributed by atoms with E-state index in [-0.39, 0.29) is 0 Å². The van der Waals surface area contributed by atoms with E-state index in [4.69, 9.17) is 5.11 Å². The molecule has 106 valence electrons. The van der Waals surface area contributed by atoms with Crippen LogP contribution < -0.4 is 0 Å². The van der Waals surface area contributed by atoms with Gasteiger partial charge < -0.3 is 5.11 Å². The van der Waals surface area contributed by atoms with Crippen molar-refractivity contribution in [3.8, 4) is 0 Å². The summed E-state index contributed by atoms with van der Waals surface area (Å²) in [4.78, 5) is 0. The lowest BCUT2D eigenvalue weighted by molar-refractivity contribution is 0.295. The Bertz CT molecular complexity index is 237. The first-order valence-corrected chi connectivity index (χ1v) is 7.15. The highest BCUT2D eigenvalue weighted by Gasteiger charge is 1.93. The zero-order valence-electron chi connectivity index (χ0n) is 13.1. The summed E-state index contributed by atoms with van der Waals surface area (Å²) in [5, 5.41) is 7.88. The Hall–Kier alpha value is -0.820. The van der Waals surface area contributed by atoms with Crippen LogP contribution in [0.4, 0.5) is 0 Å². The molecule has 0 amide bonds. The van der Waals surface area contributed by atoms with E-state index in [0.717, 1.165) is 12.3 Å². The first kappa shape index (κ1) is 19.5. The van der Waals surface area contributed by atoms with Crippen LogP contribution in [-0.4, -0.2) is 11.7 Å². The molecule has 0 saturated carbocycles. The van der Waals surface area contributed by atoms with Crippen LogP contribution in [-0.2, 0) is 0 Å². The Kier molecular flexibility index (Phi) is 15.4. The van der Waals surface area contributed by atoms with Crippen molar-refractivity contribution in [2.24, 2.45) is 5.92 Å². The molecule has 0 spiro atoms. The maximum absolute atomic E-state index is 7.88. The maximum atomic E-state index is 7.88. The predicted octanol–water partition coefficient (Wildman–Crippen LogP) is 5.25. The van der Waals surface area contributed by atoms with Gasteiger partial charge in [0.05, 0.1) is 0 Å². The van der Waals surface area contributed by atoms with E-state index in [0.29, 0.717) is 12.5 Å². The number of aliphatic hydroxyl groups excluding tert-OH is 1. The Balaban J connectivity index is 0. The van der Waals surface area contributed by atoms with Crippen molar-refractivity contribution in [2.75, 3.05) is 6.61 Å². The molecule has 1 aromatic rings. The quantitative estimate of drug-likeness (QED) is 0.779. The summed E-state index contributed by atoms with van der Waals surface area (Å²) in [6, 6.07) is 10.5. The van der Waals surface area contributed by atoms with Crippen LogP contribution in [0.2, 0.25) is 0 Å². The van der Waals surface area contributed by atoms with Crippen molar-refractivity contribution in [2.45, 2.75) is 60.3 Å². The van der Waals surface area contributed by atoms with Crippen LogP contribution in [0.1, 0.15) is 65.9 Å². The van der Waals surface area contributed by atoms with E-state index in [2.05, 4.69) is 58.9 Å². The first-order valence-electron chi connectivity index (χ1n) is 7.15. The van der Waals surface area contributed by atoms with Gasteiger partial charge in [-0.3, -0.25) is 0 Å². The average Bonchev–Trinajstić information content (AvgIpc) is 2.40. The van der Waals surface area contributed by atoms with Gasteiger partial charge >= 0.3 is 0 Å². The number of rotatable bonds is 3. The second-order valence-corrected chi connectivity index (χ2v) is 5.09. The van der Waals surface area contributed by atoms with Crippen LogP contribution >= 0.6 is 0 Å². The first-order chi connectivity index (χ1) is 8.49. The van der Waals surface area contributed by atoms with Crippen molar-refractivity contribution in [3.05, 3.63) is 35.9 Å². The summed E-state index contributed by atoms with van der Waals surface area (Å²) in [5.41, 5.74) is 1.41. The minimum atomic E-state index is 0.319. The standard InChI is InChI=1S/C9H12.C5H12.C3H8O/c1-8(2)9-6-4-3-5-7-9;1-4-5(2)3;1-2-3-4/h3-8H,1-2H3;5H,4H2,1-3H3;4H,2-3H2,1H3. The van der Waals surface area contributed by atoms with Gasteiger partial charge in [-0.25, -0.2) is 0 Å². The molecule has 0 aliphatic rings. The third kappa shape index (κ3) is 15.2. The molecule has 1 nitrogen and oxygen atoms in total. The Morgan fingerprint density at radius 2 is 1.33 bits per heavy atom. The van der Waals surface area contributed by atoms with Crippen molar-refractivity contribution in [1.82, 2.24) is 0 Å². The minimum absolute atomic E-state index is 0.319. The molecule has 1 heteroatoms. The predicted molar refractivity (Wildman–Crippen MR) is 83.0 cm³/mol. The molecule has 18 heavy (non-hydrogen) atoms. The summed E-state index contributed by atoms with van der Waals surface area (Å²) in [6.07, 6.45) is 2.18. The van der Waals surface area contributed by atoms with Crippen LogP contribution in [0.5, 0.6) is 0 Å². The van der Waals surface area contributed by atoms with Gasteiger partial charge in [0.25, 0.3) is 0 Å². The molecule has 0 heterocycles. The van der Waals surface area contributed by atoms with E-state index in [1.165, 1.54) is 12.0 Å². The lowest BCUT2D eigenvalue weighted by Gasteiger charge is -2.01. The fourth-order valence-electron chi connectivity index (χ4n) is 0.838. The normalized spacial score (nSPS) is 9.39. The maximum Gasteiger partial charge on any atom is 0.0428 e. The van der Waals surface area contributed by atoms with Crippen LogP contribution in [0.25, 0.3) is 0 Å². The van der Waals surface area contributed by atoms with Gasteiger partial charge in [-0.1, -0.05) is 78.3 Å². The molecule has 0 bridgehead atoms. The fourth-order valence-corrected chi connectivity index (χ4v) is 0.838. The summed E-state index contributed by atoms with van der Waals surface area (Å²) in [5.74, 6) is 1.54. The highest BCUT2D eigenvalue weighted by Crippen LogP contribution is 2.11. The zero-order chi connectivity index (χ0) is 14.4. The van der Waals surface area contributed by atoms with Crippen molar-refractivity contribution < 1.29 is 5.11 Å². The SMILES string of the molecule is CC(C)c1ccccc1.CCC(C)C.CCCO. The van der Waals surface area contributed by atoms with E-state index >= 15 is 0 Å². The number of aliphatic hydroxyl groups is 1. The lowest BCUT2D eigenvalue weighted by Crippen LogP contribution is -1.83. The zero-order valence-corrected chi connectivity index (χ0v) is 13.1. The molecule has 0 unspecified atom stereocenters. The molecule has 0 saturated heterocycles. The van der Waals surface area contributed by atoms with Gasteiger partial charge in [0.1, 0.15) is 0 Å². The Labute approximate surface area is 114 Å². The van der Waals surface area contributed by atoms with Crippen molar-refractivity contribution in [1.29, 1.82) is 0 Å².